The Balaban J connectivity index is 1.29. The maximum Gasteiger partial charge on any atom is 0.352 e. The van der Waals surface area contributed by atoms with Gasteiger partial charge in [-0.25, -0.2) is 9.48 Å². The van der Waals surface area contributed by atoms with E-state index in [4.69, 9.17) is 4.84 Å². The molecule has 15 heteroatoms. The number of benzene rings is 2. The van der Waals surface area contributed by atoms with Crippen LogP contribution in [0, 0.1) is 0 Å². The molecule has 2 aromatic carbocycles. The molecule has 42 heavy (non-hydrogen) atoms. The number of thioether (sulfide) groups is 2. The highest BCUT2D eigenvalue weighted by molar-refractivity contribution is 8.01. The largest absolute Gasteiger partial charge is 0.508 e. The average molecular weight is 608 g/mol. The summed E-state index contributed by atoms with van der Waals surface area (Å²) in [5.74, 6) is -1.95. The van der Waals surface area contributed by atoms with Crippen LogP contribution in [0.2, 0.25) is 0 Å². The lowest BCUT2D eigenvalue weighted by atomic mass is 10.0. The summed E-state index contributed by atoms with van der Waals surface area (Å²) in [6.07, 6.45) is 3.58. The number of carboxylic acid groups (broad SMARTS) is 1. The van der Waals surface area contributed by atoms with Crippen molar-refractivity contribution in [2.45, 2.75) is 16.6 Å². The van der Waals surface area contributed by atoms with E-state index in [9.17, 15) is 24.6 Å². The first-order valence-corrected chi connectivity index (χ1v) is 14.6. The van der Waals surface area contributed by atoms with Crippen LogP contribution in [-0.4, -0.2) is 88.3 Å². The van der Waals surface area contributed by atoms with Crippen molar-refractivity contribution in [3.8, 4) is 5.75 Å². The molecule has 216 valence electrons. The molecule has 0 aliphatic carbocycles. The molecule has 1 aromatic heterocycles. The number of rotatable bonds is 11. The van der Waals surface area contributed by atoms with Gasteiger partial charge in [0.2, 0.25) is 5.16 Å². The van der Waals surface area contributed by atoms with E-state index < -0.39 is 29.2 Å². The maximum absolute atomic E-state index is 13.4. The molecule has 0 radical (unpaired) electrons. The van der Waals surface area contributed by atoms with E-state index in [0.29, 0.717) is 16.5 Å². The Morgan fingerprint density at radius 2 is 2.05 bits per heavy atom. The van der Waals surface area contributed by atoms with Crippen LogP contribution in [0.3, 0.4) is 0 Å². The van der Waals surface area contributed by atoms with E-state index >= 15 is 0 Å². The number of nitrogens with zero attached hydrogens (tertiary/aromatic N) is 6. The number of aliphatic carboxylic acids is 1. The summed E-state index contributed by atoms with van der Waals surface area (Å²) in [6.45, 7) is 0.0665. The third kappa shape index (κ3) is 6.31. The predicted octanol–water partition coefficient (Wildman–Crippen LogP) is 1.88. The van der Waals surface area contributed by atoms with Crippen LogP contribution in [0.1, 0.15) is 11.1 Å². The fourth-order valence-electron chi connectivity index (χ4n) is 4.27. The number of carbonyl (C=O) groups excluding carboxylic acids is 2. The number of amides is 2. The van der Waals surface area contributed by atoms with E-state index in [2.05, 4.69) is 26.0 Å². The standard InChI is InChI=1S/C27H25N7O6S2/c1-33-27(29-31-32-33)42-15-18-14-41-25-21(24(37)34(25)22(18)26(38)39)28-23(36)20(17-10-5-11-19(35)13-17)30-40-12-6-9-16-7-3-2-4-8-16/h2-11,13,21,25,35H,12,14-15H2,1H3,(H,28,36)(H,38,39)/b9-6+,30-20-/t21?,25-/m1/s1. The number of carbonyl (C=O) groups is 3. The Hall–Kier alpha value is -4.63. The van der Waals surface area contributed by atoms with Gasteiger partial charge in [-0.3, -0.25) is 14.5 Å². The molecule has 3 N–H and O–H groups in total. The van der Waals surface area contributed by atoms with Crippen molar-refractivity contribution in [2.24, 2.45) is 12.2 Å². The first-order valence-electron chi connectivity index (χ1n) is 12.6. The Bertz CT molecular complexity index is 1590. The zero-order chi connectivity index (χ0) is 29.6. The van der Waals surface area contributed by atoms with E-state index in [-0.39, 0.29) is 35.1 Å². The molecule has 2 aliphatic rings. The first kappa shape index (κ1) is 28.9. The lowest BCUT2D eigenvalue weighted by molar-refractivity contribution is -0.150. The van der Waals surface area contributed by atoms with Crippen molar-refractivity contribution in [3.05, 3.63) is 83.1 Å². The van der Waals surface area contributed by atoms with Crippen LogP contribution in [0.4, 0.5) is 0 Å². The Kier molecular flexibility index (Phi) is 8.88. The van der Waals surface area contributed by atoms with Gasteiger partial charge in [-0.15, -0.1) is 16.9 Å². The number of hydrogen-bond acceptors (Lipinski definition) is 11. The summed E-state index contributed by atoms with van der Waals surface area (Å²) in [6, 6.07) is 14.5. The summed E-state index contributed by atoms with van der Waals surface area (Å²) in [5, 5.41) is 37.7. The molecule has 2 atom stereocenters. The summed E-state index contributed by atoms with van der Waals surface area (Å²) >= 11 is 2.61. The minimum atomic E-state index is -1.23. The van der Waals surface area contributed by atoms with Crippen molar-refractivity contribution in [3.63, 3.8) is 0 Å². The van der Waals surface area contributed by atoms with Gasteiger partial charge >= 0.3 is 5.97 Å². The normalized spacial score (nSPS) is 18.5. The second kappa shape index (κ2) is 12.9. The second-order valence-corrected chi connectivity index (χ2v) is 11.1. The molecule has 1 saturated heterocycles. The summed E-state index contributed by atoms with van der Waals surface area (Å²) in [5.41, 5.74) is 1.55. The number of hydrogen-bond donors (Lipinski definition) is 3. The zero-order valence-corrected chi connectivity index (χ0v) is 23.8. The number of carboxylic acids is 1. The molecule has 1 unspecified atom stereocenters. The van der Waals surface area contributed by atoms with Gasteiger partial charge < -0.3 is 20.4 Å². The van der Waals surface area contributed by atoms with Crippen molar-refractivity contribution in [2.75, 3.05) is 18.1 Å². The molecule has 2 aliphatic heterocycles. The van der Waals surface area contributed by atoms with Gasteiger partial charge in [0.15, 0.2) is 5.71 Å². The van der Waals surface area contributed by atoms with Gasteiger partial charge in [-0.2, -0.15) is 0 Å². The summed E-state index contributed by atoms with van der Waals surface area (Å²) < 4.78 is 1.47. The molecule has 2 amide bonds. The van der Waals surface area contributed by atoms with Crippen molar-refractivity contribution in [1.29, 1.82) is 0 Å². The predicted molar refractivity (Wildman–Crippen MR) is 155 cm³/mol. The number of oxime groups is 1. The third-order valence-electron chi connectivity index (χ3n) is 6.26. The zero-order valence-electron chi connectivity index (χ0n) is 22.2. The number of phenolic OH excluding ortho intramolecular Hbond substituents is 1. The van der Waals surface area contributed by atoms with Crippen molar-refractivity contribution < 1.29 is 29.4 Å². The molecular formula is C27H25N7O6S2. The maximum atomic E-state index is 13.4. The van der Waals surface area contributed by atoms with Crippen LogP contribution < -0.4 is 5.32 Å². The number of phenols is 1. The highest BCUT2D eigenvalue weighted by Crippen LogP contribution is 2.41. The van der Waals surface area contributed by atoms with E-state index in [1.807, 2.05) is 36.4 Å². The van der Waals surface area contributed by atoms with Gasteiger partial charge in [-0.05, 0) is 39.8 Å². The number of fused-ring (bicyclic) bond motifs is 1. The number of β-lactam (4-membered cyclic amide) rings is 1. The molecule has 1 fully saturated rings. The van der Waals surface area contributed by atoms with Crippen molar-refractivity contribution >= 4 is 53.1 Å². The van der Waals surface area contributed by atoms with E-state index in [1.54, 1.807) is 25.3 Å². The third-order valence-corrected chi connectivity index (χ3v) is 8.70. The van der Waals surface area contributed by atoms with Crippen LogP contribution in [0.5, 0.6) is 5.75 Å². The minimum absolute atomic E-state index is 0.0665. The molecule has 13 nitrogen and oxygen atoms in total. The van der Waals surface area contributed by atoms with Crippen molar-refractivity contribution in [1.82, 2.24) is 30.4 Å². The quantitative estimate of drug-likeness (QED) is 0.0955. The molecule has 3 heterocycles. The molecule has 5 rings (SSSR count). The van der Waals surface area contributed by atoms with E-state index in [1.165, 1.54) is 45.2 Å². The SMILES string of the molecule is Cn1nnnc1SCC1=C(C(=O)O)N2C(=O)C(NC(=O)/C(=N\OC/C=C/c3ccccc3)c3cccc(O)c3)[C@H]2SC1. The average Bonchev–Trinajstić information content (AvgIpc) is 3.40. The Morgan fingerprint density at radius 1 is 1.24 bits per heavy atom. The second-order valence-electron chi connectivity index (χ2n) is 9.09. The summed E-state index contributed by atoms with van der Waals surface area (Å²) in [7, 11) is 1.67. The fraction of sp³-hybridized carbons (Fsp3) is 0.222. The first-order chi connectivity index (χ1) is 20.3. The fourth-order valence-corrected chi connectivity index (χ4v) is 6.61. The van der Waals surface area contributed by atoms with Gasteiger partial charge in [0.05, 0.1) is 0 Å². The Labute approximate surface area is 248 Å². The van der Waals surface area contributed by atoms with Gasteiger partial charge in [0.1, 0.15) is 29.5 Å². The number of aryl methyl sites for hydroxylation is 1. The van der Waals surface area contributed by atoms with Gasteiger partial charge in [-0.1, -0.05) is 65.5 Å². The molecule has 0 spiro atoms. The highest BCUT2D eigenvalue weighted by atomic mass is 32.2. The number of aromatic hydroxyl groups is 1. The van der Waals surface area contributed by atoms with Crippen LogP contribution in [0.25, 0.3) is 6.08 Å². The minimum Gasteiger partial charge on any atom is -0.508 e. The van der Waals surface area contributed by atoms with Crippen LogP contribution in [0.15, 0.2) is 82.3 Å². The van der Waals surface area contributed by atoms with Gasteiger partial charge in [0, 0.05) is 24.1 Å². The topological polar surface area (TPSA) is 172 Å². The Morgan fingerprint density at radius 3 is 2.76 bits per heavy atom. The molecule has 0 bridgehead atoms. The van der Waals surface area contributed by atoms with E-state index in [0.717, 1.165) is 5.56 Å². The molecule has 0 saturated carbocycles. The monoisotopic (exact) mass is 607 g/mol. The smallest absolute Gasteiger partial charge is 0.352 e. The lowest BCUT2D eigenvalue weighted by Gasteiger charge is -2.49. The molecule has 3 aromatic rings. The van der Waals surface area contributed by atoms with Crippen LogP contribution in [-0.2, 0) is 26.3 Å². The number of aromatic nitrogens is 4. The number of nitrogens with one attached hydrogen (secondary N) is 1. The highest BCUT2D eigenvalue weighted by Gasteiger charge is 2.54. The molecular weight excluding hydrogens is 582 g/mol. The lowest BCUT2D eigenvalue weighted by Crippen LogP contribution is -2.71. The number of tetrazole rings is 1. The summed E-state index contributed by atoms with van der Waals surface area (Å²) in [4.78, 5) is 45.3. The van der Waals surface area contributed by atoms with Crippen LogP contribution >= 0.6 is 23.5 Å². The van der Waals surface area contributed by atoms with Gasteiger partial charge in [0.25, 0.3) is 11.8 Å².